The zero-order valence-electron chi connectivity index (χ0n) is 13.3. The van der Waals surface area contributed by atoms with Crippen LogP contribution in [0.1, 0.15) is 5.56 Å². The molecule has 1 saturated heterocycles. The molecule has 0 saturated carbocycles. The monoisotopic (exact) mass is 388 g/mol. The highest BCUT2D eigenvalue weighted by Crippen LogP contribution is 2.32. The van der Waals surface area contributed by atoms with E-state index in [2.05, 4.69) is 5.32 Å². The van der Waals surface area contributed by atoms with Gasteiger partial charge in [-0.25, -0.2) is 4.39 Å². The van der Waals surface area contributed by atoms with Crippen LogP contribution in [0.4, 0.5) is 10.1 Å². The van der Waals surface area contributed by atoms with Crippen LogP contribution in [0, 0.1) is 5.82 Å². The highest BCUT2D eigenvalue weighted by Gasteiger charge is 2.33. The number of benzene rings is 2. The van der Waals surface area contributed by atoms with Crippen LogP contribution >= 0.6 is 24.0 Å². The fourth-order valence-corrected chi connectivity index (χ4v) is 3.54. The first-order valence-corrected chi connectivity index (χ1v) is 8.75. The number of halogens is 1. The molecule has 0 aromatic heterocycles. The van der Waals surface area contributed by atoms with Gasteiger partial charge in [0.15, 0.2) is 0 Å². The number of rotatable bonds is 4. The van der Waals surface area contributed by atoms with E-state index in [0.717, 1.165) is 16.7 Å². The molecule has 2 N–H and O–H groups in total. The van der Waals surface area contributed by atoms with Gasteiger partial charge in [0.2, 0.25) is 5.91 Å². The number of aromatic hydroxyl groups is 1. The lowest BCUT2D eigenvalue weighted by Gasteiger charge is -2.14. The zero-order chi connectivity index (χ0) is 18.7. The number of thioether (sulfide) groups is 1. The van der Waals surface area contributed by atoms with Crippen LogP contribution in [-0.2, 0) is 9.59 Å². The Morgan fingerprint density at radius 1 is 1.27 bits per heavy atom. The first-order chi connectivity index (χ1) is 12.4. The summed E-state index contributed by atoms with van der Waals surface area (Å²) in [5.74, 6) is -1.34. The molecule has 5 nitrogen and oxygen atoms in total. The van der Waals surface area contributed by atoms with Crippen LogP contribution in [0.2, 0.25) is 0 Å². The summed E-state index contributed by atoms with van der Waals surface area (Å²) in [5, 5.41) is 12.0. The Bertz CT molecular complexity index is 930. The van der Waals surface area contributed by atoms with Gasteiger partial charge in [-0.05, 0) is 24.3 Å². The van der Waals surface area contributed by atoms with Gasteiger partial charge in [0, 0.05) is 17.3 Å². The molecule has 0 aliphatic carbocycles. The van der Waals surface area contributed by atoms with Crippen molar-refractivity contribution in [3.8, 4) is 5.75 Å². The van der Waals surface area contributed by atoms with Crippen molar-refractivity contribution >= 4 is 51.9 Å². The average Bonchev–Trinajstić information content (AvgIpc) is 2.84. The maximum atomic E-state index is 13.8. The van der Waals surface area contributed by atoms with E-state index in [-0.39, 0.29) is 27.1 Å². The minimum absolute atomic E-state index is 0.0150. The van der Waals surface area contributed by atoms with Gasteiger partial charge in [0.1, 0.15) is 22.4 Å². The third kappa shape index (κ3) is 4.09. The topological polar surface area (TPSA) is 69.6 Å². The summed E-state index contributed by atoms with van der Waals surface area (Å²) in [6, 6.07) is 12.1. The van der Waals surface area contributed by atoms with E-state index in [0.29, 0.717) is 5.69 Å². The third-order valence-electron chi connectivity index (χ3n) is 3.50. The Balaban J connectivity index is 1.71. The molecule has 1 aliphatic rings. The minimum Gasteiger partial charge on any atom is -0.508 e. The van der Waals surface area contributed by atoms with E-state index in [9.17, 15) is 19.1 Å². The van der Waals surface area contributed by atoms with Crippen LogP contribution in [0.5, 0.6) is 5.75 Å². The molecule has 1 aliphatic heterocycles. The Morgan fingerprint density at radius 2 is 2.04 bits per heavy atom. The summed E-state index contributed by atoms with van der Waals surface area (Å²) in [7, 11) is 0. The molecule has 0 unspecified atom stereocenters. The molecule has 2 aromatic rings. The zero-order valence-corrected chi connectivity index (χ0v) is 14.9. The Labute approximate surface area is 158 Å². The largest absolute Gasteiger partial charge is 0.508 e. The summed E-state index contributed by atoms with van der Waals surface area (Å²) in [6.07, 6.45) is 1.42. The van der Waals surface area contributed by atoms with Crippen molar-refractivity contribution < 1.29 is 19.1 Å². The lowest BCUT2D eigenvalue weighted by Crippen LogP contribution is -2.36. The summed E-state index contributed by atoms with van der Waals surface area (Å²) >= 11 is 6.18. The Morgan fingerprint density at radius 3 is 2.77 bits per heavy atom. The summed E-state index contributed by atoms with van der Waals surface area (Å²) in [5.41, 5.74) is 0.680. The number of amides is 2. The van der Waals surface area contributed by atoms with Crippen molar-refractivity contribution in [1.82, 2.24) is 4.90 Å². The van der Waals surface area contributed by atoms with Crippen LogP contribution in [-0.4, -0.2) is 32.7 Å². The van der Waals surface area contributed by atoms with Crippen molar-refractivity contribution in [3.05, 3.63) is 64.8 Å². The number of phenolic OH excluding ortho intramolecular Hbond substituents is 1. The second-order valence-corrected chi connectivity index (χ2v) is 7.06. The predicted molar refractivity (Wildman–Crippen MR) is 103 cm³/mol. The summed E-state index contributed by atoms with van der Waals surface area (Å²) in [6.45, 7) is -0.269. The second kappa shape index (κ2) is 7.67. The number of hydrogen-bond donors (Lipinski definition) is 2. The van der Waals surface area contributed by atoms with Crippen molar-refractivity contribution in [2.75, 3.05) is 11.9 Å². The fourth-order valence-electron chi connectivity index (χ4n) is 2.30. The van der Waals surface area contributed by atoms with Gasteiger partial charge in [0.25, 0.3) is 5.91 Å². The van der Waals surface area contributed by atoms with Crippen molar-refractivity contribution in [2.45, 2.75) is 0 Å². The molecule has 2 amide bonds. The molecule has 132 valence electrons. The SMILES string of the molecule is O=C(CN1C(=O)C(=Cc2ccccc2F)SC1=S)Nc1cccc(O)c1. The van der Waals surface area contributed by atoms with Gasteiger partial charge < -0.3 is 10.4 Å². The van der Waals surface area contributed by atoms with Crippen LogP contribution < -0.4 is 5.32 Å². The van der Waals surface area contributed by atoms with E-state index in [1.165, 1.54) is 24.3 Å². The number of hydrogen-bond acceptors (Lipinski definition) is 5. The maximum Gasteiger partial charge on any atom is 0.266 e. The Kier molecular flexibility index (Phi) is 5.34. The standard InChI is InChI=1S/C18H13FN2O3S2/c19-14-7-2-1-4-11(14)8-15-17(24)21(18(25)26-15)10-16(23)20-12-5-3-6-13(22)9-12/h1-9,22H,10H2,(H,20,23). The molecule has 0 bridgehead atoms. The Hall–Kier alpha value is -2.71. The normalized spacial score (nSPS) is 15.6. The minimum atomic E-state index is -0.459. The summed E-state index contributed by atoms with van der Waals surface area (Å²) < 4.78 is 14.0. The second-order valence-electron chi connectivity index (χ2n) is 5.39. The number of anilines is 1. The van der Waals surface area contributed by atoms with Crippen molar-refractivity contribution in [3.63, 3.8) is 0 Å². The van der Waals surface area contributed by atoms with Gasteiger partial charge in [-0.3, -0.25) is 14.5 Å². The van der Waals surface area contributed by atoms with E-state index >= 15 is 0 Å². The first kappa shape index (κ1) is 18.1. The van der Waals surface area contributed by atoms with Crippen LogP contribution in [0.3, 0.4) is 0 Å². The molecule has 0 spiro atoms. The molecular weight excluding hydrogens is 375 g/mol. The quantitative estimate of drug-likeness (QED) is 0.621. The molecule has 2 aromatic carbocycles. The summed E-state index contributed by atoms with van der Waals surface area (Å²) in [4.78, 5) is 26.0. The van der Waals surface area contributed by atoms with Gasteiger partial charge in [-0.1, -0.05) is 48.2 Å². The van der Waals surface area contributed by atoms with E-state index < -0.39 is 17.6 Å². The molecular formula is C18H13FN2O3S2. The lowest BCUT2D eigenvalue weighted by atomic mass is 10.2. The number of nitrogens with one attached hydrogen (secondary N) is 1. The molecule has 1 heterocycles. The third-order valence-corrected chi connectivity index (χ3v) is 4.87. The van der Waals surface area contributed by atoms with Crippen molar-refractivity contribution in [2.24, 2.45) is 0 Å². The smallest absolute Gasteiger partial charge is 0.266 e. The number of carbonyl (C=O) groups is 2. The molecule has 1 fully saturated rings. The highest BCUT2D eigenvalue weighted by atomic mass is 32.2. The van der Waals surface area contributed by atoms with Crippen LogP contribution in [0.25, 0.3) is 6.08 Å². The molecule has 8 heteroatoms. The number of phenols is 1. The predicted octanol–water partition coefficient (Wildman–Crippen LogP) is 3.37. The molecule has 3 rings (SSSR count). The number of nitrogens with zero attached hydrogens (tertiary/aromatic N) is 1. The fraction of sp³-hybridized carbons (Fsp3) is 0.0556. The first-order valence-electron chi connectivity index (χ1n) is 7.53. The number of thiocarbonyl (C=S) groups is 1. The average molecular weight is 388 g/mol. The molecule has 26 heavy (non-hydrogen) atoms. The molecule has 0 atom stereocenters. The van der Waals surface area contributed by atoms with E-state index in [1.807, 2.05) is 0 Å². The maximum absolute atomic E-state index is 13.8. The highest BCUT2D eigenvalue weighted by molar-refractivity contribution is 8.26. The molecule has 0 radical (unpaired) electrons. The van der Waals surface area contributed by atoms with Gasteiger partial charge in [-0.15, -0.1) is 0 Å². The lowest BCUT2D eigenvalue weighted by molar-refractivity contribution is -0.126. The van der Waals surface area contributed by atoms with Gasteiger partial charge >= 0.3 is 0 Å². The van der Waals surface area contributed by atoms with Gasteiger partial charge in [-0.2, -0.15) is 0 Å². The number of carbonyl (C=O) groups excluding carboxylic acids is 2. The van der Waals surface area contributed by atoms with E-state index in [4.69, 9.17) is 12.2 Å². The van der Waals surface area contributed by atoms with E-state index in [1.54, 1.807) is 30.3 Å². The van der Waals surface area contributed by atoms with Crippen LogP contribution in [0.15, 0.2) is 53.4 Å². The van der Waals surface area contributed by atoms with Crippen molar-refractivity contribution in [1.29, 1.82) is 0 Å². The van der Waals surface area contributed by atoms with Gasteiger partial charge in [0.05, 0.1) is 4.91 Å².